The number of amides is 1. The van der Waals surface area contributed by atoms with Crippen molar-refractivity contribution in [2.45, 2.75) is 6.42 Å². The van der Waals surface area contributed by atoms with Crippen LogP contribution in [0.15, 0.2) is 55.0 Å². The highest BCUT2D eigenvalue weighted by molar-refractivity contribution is 5.97. The zero-order chi connectivity index (χ0) is 18.4. The van der Waals surface area contributed by atoms with E-state index >= 15 is 0 Å². The lowest BCUT2D eigenvalue weighted by Gasteiger charge is -2.11. The van der Waals surface area contributed by atoms with Gasteiger partial charge in [0.15, 0.2) is 5.82 Å². The van der Waals surface area contributed by atoms with Crippen molar-refractivity contribution in [3.8, 4) is 17.3 Å². The average molecular weight is 354 g/mol. The van der Waals surface area contributed by atoms with E-state index in [2.05, 4.69) is 10.4 Å². The number of hydrogen-bond acceptors (Lipinski definition) is 4. The molecule has 7 heteroatoms. The van der Waals surface area contributed by atoms with Crippen LogP contribution in [0, 0.1) is 0 Å². The van der Waals surface area contributed by atoms with Crippen molar-refractivity contribution >= 4 is 5.91 Å². The first kappa shape index (κ1) is 17.8. The largest absolute Gasteiger partial charge is 0.497 e. The van der Waals surface area contributed by atoms with Gasteiger partial charge in [-0.1, -0.05) is 0 Å². The number of carbonyl (C=O) groups is 1. The Bertz CT molecular complexity index is 838. The fourth-order valence-electron chi connectivity index (χ4n) is 2.65. The molecule has 1 N–H and O–H groups in total. The normalized spacial score (nSPS) is 10.7. The quantitative estimate of drug-likeness (QED) is 0.631. The molecule has 0 unspecified atom stereocenters. The molecule has 0 aliphatic rings. The fourth-order valence-corrected chi connectivity index (χ4v) is 2.65. The lowest BCUT2D eigenvalue weighted by molar-refractivity contribution is 0.0948. The van der Waals surface area contributed by atoms with Gasteiger partial charge in [0.25, 0.3) is 5.91 Å². The molecule has 0 fully saturated rings. The summed E-state index contributed by atoms with van der Waals surface area (Å²) in [6.45, 7) is 1.15. The van der Waals surface area contributed by atoms with Gasteiger partial charge in [-0.15, -0.1) is 0 Å². The zero-order valence-corrected chi connectivity index (χ0v) is 14.9. The van der Waals surface area contributed by atoms with Gasteiger partial charge in [0.2, 0.25) is 0 Å². The van der Waals surface area contributed by atoms with Crippen LogP contribution in [0.3, 0.4) is 0 Å². The van der Waals surface area contributed by atoms with Gasteiger partial charge < -0.3 is 19.4 Å². The smallest absolute Gasteiger partial charge is 0.256 e. The van der Waals surface area contributed by atoms with Crippen LogP contribution >= 0.6 is 0 Å². The fraction of sp³-hybridized carbons (Fsp3) is 0.263. The predicted octanol–water partition coefficient (Wildman–Crippen LogP) is 2.44. The lowest BCUT2D eigenvalue weighted by Crippen LogP contribution is -2.26. The second kappa shape index (κ2) is 8.35. The average Bonchev–Trinajstić information content (AvgIpc) is 3.34. The number of ether oxygens (including phenoxy) is 2. The molecular weight excluding hydrogens is 332 g/mol. The standard InChI is InChI=1S/C19H22N4O3/c1-25-13-5-10-20-18(24)17-14-21-23(19(17)22-11-3-4-12-22)15-6-8-16(26-2)9-7-15/h3-4,6-9,11-12,14H,5,10,13H2,1-2H3,(H,20,24). The van der Waals surface area contributed by atoms with Gasteiger partial charge in [-0.25, -0.2) is 4.68 Å². The summed E-state index contributed by atoms with van der Waals surface area (Å²) < 4.78 is 13.8. The van der Waals surface area contributed by atoms with Crippen LogP contribution in [-0.2, 0) is 4.74 Å². The molecule has 3 aromatic rings. The zero-order valence-electron chi connectivity index (χ0n) is 14.9. The van der Waals surface area contributed by atoms with E-state index in [1.165, 1.54) is 0 Å². The van der Waals surface area contributed by atoms with Gasteiger partial charge in [-0.3, -0.25) is 4.79 Å². The second-order valence-electron chi connectivity index (χ2n) is 5.68. The van der Waals surface area contributed by atoms with Crippen molar-refractivity contribution in [2.24, 2.45) is 0 Å². The number of rotatable bonds is 8. The molecule has 0 atom stereocenters. The second-order valence-corrected chi connectivity index (χ2v) is 5.68. The molecule has 0 saturated heterocycles. The number of aromatic nitrogens is 3. The summed E-state index contributed by atoms with van der Waals surface area (Å²) >= 11 is 0. The first-order valence-corrected chi connectivity index (χ1v) is 8.37. The minimum absolute atomic E-state index is 0.162. The maximum absolute atomic E-state index is 12.6. The summed E-state index contributed by atoms with van der Waals surface area (Å²) in [7, 11) is 3.27. The van der Waals surface area contributed by atoms with Crippen LogP contribution in [0.1, 0.15) is 16.8 Å². The summed E-state index contributed by atoms with van der Waals surface area (Å²) in [4.78, 5) is 12.6. The van der Waals surface area contributed by atoms with Crippen LogP contribution in [-0.4, -0.2) is 47.6 Å². The highest BCUT2D eigenvalue weighted by atomic mass is 16.5. The van der Waals surface area contributed by atoms with Gasteiger partial charge in [0.1, 0.15) is 11.3 Å². The number of nitrogens with one attached hydrogen (secondary N) is 1. The topological polar surface area (TPSA) is 70.3 Å². The van der Waals surface area contributed by atoms with Crippen molar-refractivity contribution in [3.63, 3.8) is 0 Å². The summed E-state index contributed by atoms with van der Waals surface area (Å²) in [6.07, 6.45) is 6.12. The summed E-state index contributed by atoms with van der Waals surface area (Å²) in [5.41, 5.74) is 1.35. The van der Waals surface area contributed by atoms with E-state index in [9.17, 15) is 4.79 Å². The Balaban J connectivity index is 1.93. The molecule has 1 aromatic carbocycles. The van der Waals surface area contributed by atoms with Crippen LogP contribution < -0.4 is 10.1 Å². The van der Waals surface area contributed by atoms with E-state index in [1.54, 1.807) is 25.1 Å². The lowest BCUT2D eigenvalue weighted by atomic mass is 10.2. The first-order valence-electron chi connectivity index (χ1n) is 8.37. The Morgan fingerprint density at radius 2 is 1.88 bits per heavy atom. The molecule has 7 nitrogen and oxygen atoms in total. The van der Waals surface area contributed by atoms with Gasteiger partial charge in [0.05, 0.1) is 19.0 Å². The van der Waals surface area contributed by atoms with Crippen LogP contribution in [0.4, 0.5) is 0 Å². The molecule has 2 aromatic heterocycles. The van der Waals surface area contributed by atoms with E-state index in [0.717, 1.165) is 17.9 Å². The number of methoxy groups -OCH3 is 2. The van der Waals surface area contributed by atoms with E-state index in [1.807, 2.05) is 53.4 Å². The highest BCUT2D eigenvalue weighted by Crippen LogP contribution is 2.21. The number of nitrogens with zero attached hydrogens (tertiary/aromatic N) is 3. The maximum Gasteiger partial charge on any atom is 0.256 e. The molecule has 0 spiro atoms. The van der Waals surface area contributed by atoms with Crippen LogP contribution in [0.5, 0.6) is 5.75 Å². The molecule has 26 heavy (non-hydrogen) atoms. The van der Waals surface area contributed by atoms with E-state index in [0.29, 0.717) is 24.5 Å². The Labute approximate surface area is 152 Å². The van der Waals surface area contributed by atoms with Crippen molar-refractivity contribution in [1.82, 2.24) is 19.7 Å². The van der Waals surface area contributed by atoms with Gasteiger partial charge in [-0.2, -0.15) is 5.10 Å². The molecule has 0 aliphatic heterocycles. The van der Waals surface area contributed by atoms with Crippen molar-refractivity contribution in [3.05, 3.63) is 60.6 Å². The van der Waals surface area contributed by atoms with Gasteiger partial charge in [-0.05, 0) is 42.8 Å². The van der Waals surface area contributed by atoms with Gasteiger partial charge in [0, 0.05) is 32.7 Å². The Hall–Kier alpha value is -3.06. The third-order valence-electron chi connectivity index (χ3n) is 3.97. The third kappa shape index (κ3) is 3.78. The molecule has 0 radical (unpaired) electrons. The summed E-state index contributed by atoms with van der Waals surface area (Å²) in [5.74, 6) is 1.29. The van der Waals surface area contributed by atoms with E-state index in [-0.39, 0.29) is 5.91 Å². The molecule has 0 aliphatic carbocycles. The SMILES string of the molecule is COCCCNC(=O)c1cnn(-c2ccc(OC)cc2)c1-n1cccc1. The number of benzene rings is 1. The summed E-state index contributed by atoms with van der Waals surface area (Å²) in [5, 5.41) is 7.35. The van der Waals surface area contributed by atoms with E-state index < -0.39 is 0 Å². The van der Waals surface area contributed by atoms with Crippen LogP contribution in [0.25, 0.3) is 11.5 Å². The molecule has 136 valence electrons. The number of hydrogen-bond donors (Lipinski definition) is 1. The Morgan fingerprint density at radius 3 is 2.54 bits per heavy atom. The maximum atomic E-state index is 12.6. The Morgan fingerprint density at radius 1 is 1.15 bits per heavy atom. The van der Waals surface area contributed by atoms with Crippen molar-refractivity contribution in [2.75, 3.05) is 27.4 Å². The monoisotopic (exact) mass is 354 g/mol. The Kier molecular flexibility index (Phi) is 5.70. The first-order chi connectivity index (χ1) is 12.7. The number of carbonyl (C=O) groups excluding carboxylic acids is 1. The molecular formula is C19H22N4O3. The third-order valence-corrected chi connectivity index (χ3v) is 3.97. The summed E-state index contributed by atoms with van der Waals surface area (Å²) in [6, 6.07) is 11.3. The minimum atomic E-state index is -0.162. The highest BCUT2D eigenvalue weighted by Gasteiger charge is 2.19. The molecule has 0 bridgehead atoms. The minimum Gasteiger partial charge on any atom is -0.497 e. The van der Waals surface area contributed by atoms with E-state index in [4.69, 9.17) is 9.47 Å². The predicted molar refractivity (Wildman–Crippen MR) is 98.3 cm³/mol. The van der Waals surface area contributed by atoms with Crippen LogP contribution in [0.2, 0.25) is 0 Å². The molecule has 0 saturated carbocycles. The van der Waals surface area contributed by atoms with Crippen molar-refractivity contribution in [1.29, 1.82) is 0 Å². The van der Waals surface area contributed by atoms with Crippen molar-refractivity contribution < 1.29 is 14.3 Å². The molecule has 3 rings (SSSR count). The molecule has 2 heterocycles. The molecule has 1 amide bonds. The van der Waals surface area contributed by atoms with Gasteiger partial charge >= 0.3 is 0 Å².